The number of hydrogen-bond acceptors (Lipinski definition) is 5. The van der Waals surface area contributed by atoms with Crippen molar-refractivity contribution in [3.63, 3.8) is 0 Å². The predicted molar refractivity (Wildman–Crippen MR) is 81.4 cm³/mol. The normalized spacial score (nSPS) is 14.4. The molecule has 1 aliphatic rings. The summed E-state index contributed by atoms with van der Waals surface area (Å²) in [6.07, 6.45) is 2.69. The van der Waals surface area contributed by atoms with Gasteiger partial charge in [0.05, 0.1) is 23.4 Å². The molecule has 0 spiro atoms. The Hall–Kier alpha value is -1.63. The van der Waals surface area contributed by atoms with E-state index < -0.39 is 0 Å². The van der Waals surface area contributed by atoms with Crippen LogP contribution in [0.5, 0.6) is 0 Å². The fourth-order valence-electron chi connectivity index (χ4n) is 2.37. The summed E-state index contributed by atoms with van der Waals surface area (Å²) < 4.78 is 7.21. The molecule has 4 heterocycles. The third-order valence-corrected chi connectivity index (χ3v) is 4.61. The number of ether oxygens (including phenoxy) is 1. The van der Waals surface area contributed by atoms with Crippen molar-refractivity contribution in [3.8, 4) is 11.4 Å². The van der Waals surface area contributed by atoms with Crippen molar-refractivity contribution in [2.45, 2.75) is 13.0 Å². The van der Waals surface area contributed by atoms with Crippen molar-refractivity contribution in [2.24, 2.45) is 0 Å². The lowest BCUT2D eigenvalue weighted by Crippen LogP contribution is -2.14. The predicted octanol–water partition coefficient (Wildman–Crippen LogP) is 3.49. The van der Waals surface area contributed by atoms with Crippen LogP contribution < -0.4 is 0 Å². The third kappa shape index (κ3) is 1.96. The number of aromatic nitrogens is 3. The monoisotopic (exact) mass is 301 g/mol. The molecule has 3 aromatic heterocycles. The second-order valence-electron chi connectivity index (χ2n) is 4.68. The Kier molecular flexibility index (Phi) is 2.87. The van der Waals surface area contributed by atoms with E-state index in [1.807, 2.05) is 17.6 Å². The maximum absolute atomic E-state index is 5.43. The Morgan fingerprint density at radius 2 is 2.35 bits per heavy atom. The Morgan fingerprint density at radius 3 is 3.30 bits per heavy atom. The van der Waals surface area contributed by atoms with E-state index in [4.69, 9.17) is 17.0 Å². The molecule has 1 aliphatic heterocycles. The Bertz CT molecular complexity index is 853. The van der Waals surface area contributed by atoms with E-state index in [-0.39, 0.29) is 0 Å². The molecule has 3 aromatic rings. The quantitative estimate of drug-likeness (QED) is 0.699. The lowest BCUT2D eigenvalue weighted by molar-refractivity contribution is 0.108. The lowest BCUT2D eigenvalue weighted by atomic mass is 10.1. The number of nitrogens with zero attached hydrogens (tertiary/aromatic N) is 2. The summed E-state index contributed by atoms with van der Waals surface area (Å²) >= 11 is 7.06. The van der Waals surface area contributed by atoms with Crippen molar-refractivity contribution in [2.75, 3.05) is 6.61 Å². The van der Waals surface area contributed by atoms with E-state index in [9.17, 15) is 0 Å². The first-order valence-corrected chi connectivity index (χ1v) is 7.63. The van der Waals surface area contributed by atoms with Crippen molar-refractivity contribution in [1.82, 2.24) is 15.0 Å². The number of aromatic amines is 1. The molecule has 0 saturated carbocycles. The first-order valence-electron chi connectivity index (χ1n) is 6.35. The van der Waals surface area contributed by atoms with Gasteiger partial charge in [-0.3, -0.25) is 4.98 Å². The van der Waals surface area contributed by atoms with E-state index in [1.54, 1.807) is 11.3 Å². The van der Waals surface area contributed by atoms with Crippen molar-refractivity contribution in [3.05, 3.63) is 39.6 Å². The second-order valence-corrected chi connectivity index (χ2v) is 6.01. The van der Waals surface area contributed by atoms with Gasteiger partial charge >= 0.3 is 0 Å². The van der Waals surface area contributed by atoms with Gasteiger partial charge in [0.25, 0.3) is 0 Å². The minimum atomic E-state index is 0.556. The molecule has 0 unspecified atom stereocenters. The Labute approximate surface area is 124 Å². The molecule has 4 rings (SSSR count). The first-order chi connectivity index (χ1) is 9.81. The first kappa shape index (κ1) is 12.1. The molecule has 0 aromatic carbocycles. The molecule has 100 valence electrons. The van der Waals surface area contributed by atoms with Gasteiger partial charge in [-0.15, -0.1) is 11.3 Å². The fourth-order valence-corrected chi connectivity index (χ4v) is 3.42. The summed E-state index contributed by atoms with van der Waals surface area (Å²) in [4.78, 5) is 12.3. The van der Waals surface area contributed by atoms with E-state index in [0.29, 0.717) is 11.2 Å². The number of thiophene rings is 1. The smallest absolute Gasteiger partial charge is 0.140 e. The molecule has 4 nitrogen and oxygen atoms in total. The SMILES string of the molecule is S=c1nc(-c2cnc3ccsc3c2)[nH]c2c1COCC2. The average molecular weight is 301 g/mol. The highest BCUT2D eigenvalue weighted by Gasteiger charge is 2.14. The maximum Gasteiger partial charge on any atom is 0.140 e. The number of rotatable bonds is 1. The number of hydrogen-bond donors (Lipinski definition) is 1. The van der Waals surface area contributed by atoms with Gasteiger partial charge in [0, 0.05) is 29.4 Å². The molecule has 6 heteroatoms. The van der Waals surface area contributed by atoms with Crippen LogP contribution in [0.25, 0.3) is 21.6 Å². The summed E-state index contributed by atoms with van der Waals surface area (Å²) in [7, 11) is 0. The summed E-state index contributed by atoms with van der Waals surface area (Å²) in [5.41, 5.74) is 4.14. The number of nitrogens with one attached hydrogen (secondary N) is 1. The van der Waals surface area contributed by atoms with E-state index in [0.717, 1.165) is 45.9 Å². The maximum atomic E-state index is 5.43. The number of H-pyrrole nitrogens is 1. The minimum Gasteiger partial charge on any atom is -0.376 e. The summed E-state index contributed by atoms with van der Waals surface area (Å²) in [6, 6.07) is 4.12. The molecule has 20 heavy (non-hydrogen) atoms. The standard InChI is InChI=1S/C14H11N3OS2/c19-14-9-7-18-3-1-10(9)16-13(17-14)8-5-12-11(15-6-8)2-4-20-12/h2,4-6H,1,3,7H2,(H,16,17,19). The largest absolute Gasteiger partial charge is 0.376 e. The van der Waals surface area contributed by atoms with Gasteiger partial charge in [-0.25, -0.2) is 4.98 Å². The Balaban J connectivity index is 1.89. The van der Waals surface area contributed by atoms with Gasteiger partial charge in [-0.1, -0.05) is 12.2 Å². The molecule has 0 amide bonds. The zero-order valence-corrected chi connectivity index (χ0v) is 12.2. The molecule has 0 radical (unpaired) electrons. The van der Waals surface area contributed by atoms with Gasteiger partial charge in [-0.2, -0.15) is 0 Å². The molecule has 0 bridgehead atoms. The van der Waals surface area contributed by atoms with Gasteiger partial charge in [0.15, 0.2) is 0 Å². The van der Waals surface area contributed by atoms with Crippen LogP contribution >= 0.6 is 23.6 Å². The molecule has 0 saturated heterocycles. The molecule has 1 N–H and O–H groups in total. The molecule has 0 atom stereocenters. The van der Waals surface area contributed by atoms with E-state index in [2.05, 4.69) is 21.0 Å². The zero-order valence-electron chi connectivity index (χ0n) is 10.5. The highest BCUT2D eigenvalue weighted by Crippen LogP contribution is 2.25. The molecule has 0 aliphatic carbocycles. The van der Waals surface area contributed by atoms with Crippen LogP contribution in [0, 0.1) is 4.64 Å². The lowest BCUT2D eigenvalue weighted by Gasteiger charge is -2.17. The van der Waals surface area contributed by atoms with Crippen LogP contribution in [-0.2, 0) is 17.8 Å². The van der Waals surface area contributed by atoms with Gasteiger partial charge in [-0.05, 0) is 17.5 Å². The molecular formula is C14H11N3OS2. The third-order valence-electron chi connectivity index (χ3n) is 3.42. The fraction of sp³-hybridized carbons (Fsp3) is 0.214. The van der Waals surface area contributed by atoms with Crippen LogP contribution in [0.2, 0.25) is 0 Å². The average Bonchev–Trinajstić information content (AvgIpc) is 2.94. The molecule has 0 fully saturated rings. The highest BCUT2D eigenvalue weighted by molar-refractivity contribution is 7.71. The van der Waals surface area contributed by atoms with E-state index in [1.165, 1.54) is 0 Å². The van der Waals surface area contributed by atoms with E-state index >= 15 is 0 Å². The molecular weight excluding hydrogens is 290 g/mol. The van der Waals surface area contributed by atoms with Crippen molar-refractivity contribution >= 4 is 33.8 Å². The second kappa shape index (κ2) is 4.73. The minimum absolute atomic E-state index is 0.556. The van der Waals surface area contributed by atoms with Crippen molar-refractivity contribution < 1.29 is 4.74 Å². The number of fused-ring (bicyclic) bond motifs is 2. The van der Waals surface area contributed by atoms with Gasteiger partial charge < -0.3 is 9.72 Å². The summed E-state index contributed by atoms with van der Waals surface area (Å²) in [5.74, 6) is 0.790. The summed E-state index contributed by atoms with van der Waals surface area (Å²) in [6.45, 7) is 1.28. The van der Waals surface area contributed by atoms with Gasteiger partial charge in [0.1, 0.15) is 10.5 Å². The highest BCUT2D eigenvalue weighted by atomic mass is 32.1. The van der Waals surface area contributed by atoms with Gasteiger partial charge in [0.2, 0.25) is 0 Å². The Morgan fingerprint density at radius 1 is 1.40 bits per heavy atom. The summed E-state index contributed by atoms with van der Waals surface area (Å²) in [5, 5.41) is 2.04. The van der Waals surface area contributed by atoms with Crippen LogP contribution in [-0.4, -0.2) is 21.6 Å². The topological polar surface area (TPSA) is 50.8 Å². The van der Waals surface area contributed by atoms with Crippen LogP contribution in [0.1, 0.15) is 11.3 Å². The zero-order chi connectivity index (χ0) is 13.5. The van der Waals surface area contributed by atoms with Crippen LogP contribution in [0.3, 0.4) is 0 Å². The number of pyridine rings is 1. The van der Waals surface area contributed by atoms with Crippen LogP contribution in [0.15, 0.2) is 23.7 Å². The van der Waals surface area contributed by atoms with Crippen molar-refractivity contribution in [1.29, 1.82) is 0 Å². The van der Waals surface area contributed by atoms with Crippen LogP contribution in [0.4, 0.5) is 0 Å².